The Bertz CT molecular complexity index is 1220. The number of para-hydroxylation sites is 1. The third-order valence-electron chi connectivity index (χ3n) is 5.41. The fourth-order valence-electron chi connectivity index (χ4n) is 3.72. The van der Waals surface area contributed by atoms with Gasteiger partial charge in [-0.1, -0.05) is 41.4 Å². The van der Waals surface area contributed by atoms with Gasteiger partial charge in [-0.25, -0.2) is 17.7 Å². The van der Waals surface area contributed by atoms with E-state index in [4.69, 9.17) is 27.9 Å². The molecule has 0 atom stereocenters. The predicted molar refractivity (Wildman–Crippen MR) is 131 cm³/mol. The molecule has 1 aliphatic heterocycles. The summed E-state index contributed by atoms with van der Waals surface area (Å²) in [6.45, 7) is 0.826. The van der Waals surface area contributed by atoms with Gasteiger partial charge in [0.15, 0.2) is 0 Å². The molecule has 4 rings (SSSR count). The maximum Gasteiger partial charge on any atom is 0.317 e. The van der Waals surface area contributed by atoms with E-state index in [0.29, 0.717) is 53.0 Å². The van der Waals surface area contributed by atoms with Gasteiger partial charge in [0.1, 0.15) is 5.75 Å². The third-order valence-corrected chi connectivity index (χ3v) is 8.90. The van der Waals surface area contributed by atoms with E-state index in [0.717, 1.165) is 5.01 Å². The average molecular weight is 525 g/mol. The summed E-state index contributed by atoms with van der Waals surface area (Å²) in [6, 6.07) is 13.8. The summed E-state index contributed by atoms with van der Waals surface area (Å²) in [4.78, 5) is 16.8. The van der Waals surface area contributed by atoms with Crippen LogP contribution in [0.15, 0.2) is 53.9 Å². The molecule has 10 heteroatoms. The molecule has 2 aromatic carbocycles. The van der Waals surface area contributed by atoms with Gasteiger partial charge < -0.3 is 4.74 Å². The van der Waals surface area contributed by atoms with Crippen molar-refractivity contribution in [3.8, 4) is 5.75 Å². The lowest BCUT2D eigenvalue weighted by molar-refractivity contribution is -0.133. The molecule has 0 amide bonds. The van der Waals surface area contributed by atoms with Crippen molar-refractivity contribution in [3.63, 3.8) is 0 Å². The maximum atomic E-state index is 12.9. The second-order valence-corrected chi connectivity index (χ2v) is 11.5. The lowest BCUT2D eigenvalue weighted by Crippen LogP contribution is -2.38. The van der Waals surface area contributed by atoms with E-state index >= 15 is 0 Å². The number of carbonyl (C=O) groups is 1. The highest BCUT2D eigenvalue weighted by molar-refractivity contribution is 7.88. The van der Waals surface area contributed by atoms with Gasteiger partial charge in [-0.15, -0.1) is 11.3 Å². The van der Waals surface area contributed by atoms with Crippen LogP contribution in [0.4, 0.5) is 0 Å². The molecule has 1 saturated heterocycles. The first-order valence-electron chi connectivity index (χ1n) is 10.4. The van der Waals surface area contributed by atoms with Gasteiger partial charge in [-0.3, -0.25) is 4.79 Å². The molecular formula is C23H22Cl2N2O4S2. The third kappa shape index (κ3) is 6.33. The lowest BCUT2D eigenvalue weighted by Gasteiger charge is -2.30. The first kappa shape index (κ1) is 24.2. The van der Waals surface area contributed by atoms with Crippen molar-refractivity contribution in [2.24, 2.45) is 0 Å². The van der Waals surface area contributed by atoms with E-state index < -0.39 is 10.0 Å². The van der Waals surface area contributed by atoms with Crippen LogP contribution >= 0.6 is 34.5 Å². The minimum Gasteiger partial charge on any atom is -0.426 e. The van der Waals surface area contributed by atoms with Crippen molar-refractivity contribution in [2.75, 3.05) is 13.1 Å². The zero-order chi connectivity index (χ0) is 23.4. The minimum absolute atomic E-state index is 0.0962. The predicted octanol–water partition coefficient (Wildman–Crippen LogP) is 5.31. The molecule has 0 N–H and O–H groups in total. The molecule has 3 aromatic rings. The number of esters is 1. The van der Waals surface area contributed by atoms with Gasteiger partial charge in [0.05, 0.1) is 22.9 Å². The molecule has 0 radical (unpaired) electrons. The maximum absolute atomic E-state index is 12.9. The van der Waals surface area contributed by atoms with Crippen LogP contribution in [0, 0.1) is 0 Å². The molecule has 0 bridgehead atoms. The van der Waals surface area contributed by atoms with E-state index in [2.05, 4.69) is 4.98 Å². The van der Waals surface area contributed by atoms with Gasteiger partial charge in [0.25, 0.3) is 0 Å². The quantitative estimate of drug-likeness (QED) is 0.309. The fraction of sp³-hybridized carbons (Fsp3) is 0.304. The Balaban J connectivity index is 1.32. The molecule has 0 saturated carbocycles. The van der Waals surface area contributed by atoms with Crippen LogP contribution in [0.5, 0.6) is 5.75 Å². The highest BCUT2D eigenvalue weighted by Crippen LogP contribution is 2.32. The number of hydrogen-bond donors (Lipinski definition) is 0. The SMILES string of the molecule is O=C(Cc1csc(C2CCN(S(=O)(=O)Cc3cc(Cl)ccc3Cl)CC2)n1)Oc1ccccc1. The first-order valence-corrected chi connectivity index (χ1v) is 13.7. The van der Waals surface area contributed by atoms with Gasteiger partial charge >= 0.3 is 5.97 Å². The summed E-state index contributed by atoms with van der Waals surface area (Å²) >= 11 is 13.6. The molecule has 2 heterocycles. The molecule has 1 fully saturated rings. The molecular weight excluding hydrogens is 503 g/mol. The van der Waals surface area contributed by atoms with Crippen molar-refractivity contribution in [1.82, 2.24) is 9.29 Å². The van der Waals surface area contributed by atoms with Gasteiger partial charge in [0, 0.05) is 34.4 Å². The number of hydrogen-bond acceptors (Lipinski definition) is 6. The molecule has 6 nitrogen and oxygen atoms in total. The number of thiazole rings is 1. The summed E-state index contributed by atoms with van der Waals surface area (Å²) in [5, 5.41) is 3.63. The van der Waals surface area contributed by atoms with Crippen LogP contribution in [0.2, 0.25) is 10.0 Å². The van der Waals surface area contributed by atoms with E-state index in [1.54, 1.807) is 42.5 Å². The van der Waals surface area contributed by atoms with E-state index in [-0.39, 0.29) is 24.1 Å². The first-order chi connectivity index (χ1) is 15.8. The van der Waals surface area contributed by atoms with Crippen molar-refractivity contribution in [2.45, 2.75) is 30.9 Å². The number of halogens is 2. The highest BCUT2D eigenvalue weighted by atomic mass is 35.5. The van der Waals surface area contributed by atoms with Crippen LogP contribution in [0.25, 0.3) is 0 Å². The van der Waals surface area contributed by atoms with Crippen LogP contribution in [0.1, 0.15) is 35.0 Å². The van der Waals surface area contributed by atoms with Crippen molar-refractivity contribution in [1.29, 1.82) is 0 Å². The average Bonchev–Trinajstić information content (AvgIpc) is 3.25. The Morgan fingerprint density at radius 1 is 1.12 bits per heavy atom. The van der Waals surface area contributed by atoms with Gasteiger partial charge in [-0.2, -0.15) is 0 Å². The molecule has 1 aromatic heterocycles. The highest BCUT2D eigenvalue weighted by Gasteiger charge is 2.30. The van der Waals surface area contributed by atoms with Gasteiger partial charge in [-0.05, 0) is 48.7 Å². The molecule has 1 aliphatic rings. The second kappa shape index (κ2) is 10.5. The normalized spacial score (nSPS) is 15.5. The summed E-state index contributed by atoms with van der Waals surface area (Å²) < 4.78 is 32.6. The number of nitrogens with zero attached hydrogens (tertiary/aromatic N) is 2. The zero-order valence-corrected chi connectivity index (χ0v) is 20.8. The standard InChI is InChI=1S/C23H22Cl2N2O4S2/c24-18-6-7-21(25)17(12-18)15-33(29,30)27-10-8-16(9-11-27)23-26-19(14-32-23)13-22(28)31-20-4-2-1-3-5-20/h1-7,12,14,16H,8-11,13,15H2. The molecule has 0 spiro atoms. The Kier molecular flexibility index (Phi) is 7.71. The Labute approximate surface area is 207 Å². The number of piperidine rings is 1. The van der Waals surface area contributed by atoms with Crippen molar-refractivity contribution >= 4 is 50.5 Å². The van der Waals surface area contributed by atoms with Crippen LogP contribution in [-0.4, -0.2) is 36.8 Å². The molecule has 33 heavy (non-hydrogen) atoms. The van der Waals surface area contributed by atoms with Gasteiger partial charge in [0.2, 0.25) is 10.0 Å². The van der Waals surface area contributed by atoms with Crippen LogP contribution in [-0.2, 0) is 27.0 Å². The fourth-order valence-corrected chi connectivity index (χ4v) is 6.75. The number of sulfonamides is 1. The zero-order valence-electron chi connectivity index (χ0n) is 17.6. The van der Waals surface area contributed by atoms with E-state index in [1.165, 1.54) is 15.6 Å². The summed E-state index contributed by atoms with van der Waals surface area (Å²) in [5.41, 5.74) is 1.17. The summed E-state index contributed by atoms with van der Waals surface area (Å²) in [7, 11) is -3.51. The number of aromatic nitrogens is 1. The van der Waals surface area contributed by atoms with Crippen molar-refractivity contribution in [3.05, 3.63) is 80.2 Å². The summed E-state index contributed by atoms with van der Waals surface area (Å²) in [5.74, 6) is 0.126. The monoisotopic (exact) mass is 524 g/mol. The van der Waals surface area contributed by atoms with E-state index in [9.17, 15) is 13.2 Å². The minimum atomic E-state index is -3.51. The Morgan fingerprint density at radius 3 is 2.58 bits per heavy atom. The largest absolute Gasteiger partial charge is 0.426 e. The number of ether oxygens (including phenoxy) is 1. The van der Waals surface area contributed by atoms with Crippen molar-refractivity contribution < 1.29 is 17.9 Å². The Morgan fingerprint density at radius 2 is 1.85 bits per heavy atom. The molecule has 174 valence electrons. The molecule has 0 aliphatic carbocycles. The van der Waals surface area contributed by atoms with Crippen LogP contribution in [0.3, 0.4) is 0 Å². The molecule has 0 unspecified atom stereocenters. The summed E-state index contributed by atoms with van der Waals surface area (Å²) in [6.07, 6.45) is 1.44. The smallest absolute Gasteiger partial charge is 0.317 e. The number of rotatable bonds is 7. The Hall–Kier alpha value is -1.97. The lowest BCUT2D eigenvalue weighted by atomic mass is 9.99. The van der Waals surface area contributed by atoms with Crippen LogP contribution < -0.4 is 4.74 Å². The second-order valence-electron chi connectivity index (χ2n) is 7.81. The topological polar surface area (TPSA) is 76.6 Å². The number of carbonyl (C=O) groups excluding carboxylic acids is 1. The number of benzene rings is 2. The van der Waals surface area contributed by atoms with E-state index in [1.807, 2.05) is 11.4 Å².